The molecule has 1 aromatic rings. The van der Waals surface area contributed by atoms with Gasteiger partial charge in [-0.15, -0.1) is 11.3 Å². The molecule has 0 aromatic carbocycles. The molecule has 3 heteroatoms. The zero-order valence-corrected chi connectivity index (χ0v) is 10.3. The van der Waals surface area contributed by atoms with Gasteiger partial charge in [-0.25, -0.2) is 0 Å². The van der Waals surface area contributed by atoms with Gasteiger partial charge in [0.1, 0.15) is 0 Å². The van der Waals surface area contributed by atoms with Crippen molar-refractivity contribution >= 4 is 11.3 Å². The largest absolute Gasteiger partial charge is 0.378 e. The summed E-state index contributed by atoms with van der Waals surface area (Å²) in [4.78, 5) is 1.47. The number of hydrogen-bond acceptors (Lipinski definition) is 3. The third kappa shape index (κ3) is 3.03. The first-order valence-corrected chi connectivity index (χ1v) is 6.51. The highest BCUT2D eigenvalue weighted by atomic mass is 32.1. The number of nitrogens with one attached hydrogen (secondary N) is 1. The summed E-state index contributed by atoms with van der Waals surface area (Å²) >= 11 is 1.85. The normalized spacial score (nSPS) is 26.8. The highest BCUT2D eigenvalue weighted by molar-refractivity contribution is 7.10. The van der Waals surface area contributed by atoms with Crippen molar-refractivity contribution < 1.29 is 4.74 Å². The van der Waals surface area contributed by atoms with Gasteiger partial charge in [0.15, 0.2) is 0 Å². The maximum Gasteiger partial charge on any atom is 0.0561 e. The molecule has 0 aliphatic carbocycles. The number of hydrogen-bond donors (Lipinski definition) is 1. The summed E-state index contributed by atoms with van der Waals surface area (Å²) in [5.74, 6) is 0. The lowest BCUT2D eigenvalue weighted by molar-refractivity contribution is 0.0131. The van der Waals surface area contributed by atoms with Crippen LogP contribution in [-0.2, 0) is 11.3 Å². The molecule has 2 atom stereocenters. The van der Waals surface area contributed by atoms with E-state index in [0.29, 0.717) is 12.1 Å². The van der Waals surface area contributed by atoms with Gasteiger partial charge in [-0.3, -0.25) is 0 Å². The van der Waals surface area contributed by atoms with Crippen LogP contribution in [0.3, 0.4) is 0 Å². The summed E-state index contributed by atoms with van der Waals surface area (Å²) in [5.41, 5.74) is 1.41. The highest BCUT2D eigenvalue weighted by Gasteiger charge is 2.18. The van der Waals surface area contributed by atoms with Crippen molar-refractivity contribution in [2.24, 2.45) is 0 Å². The fourth-order valence-electron chi connectivity index (χ4n) is 2.01. The minimum absolute atomic E-state index is 0.417. The van der Waals surface area contributed by atoms with Gasteiger partial charge >= 0.3 is 0 Å². The van der Waals surface area contributed by atoms with E-state index in [-0.39, 0.29) is 0 Å². The maximum absolute atomic E-state index is 5.53. The van der Waals surface area contributed by atoms with Gasteiger partial charge in [0.05, 0.1) is 6.10 Å². The van der Waals surface area contributed by atoms with Crippen LogP contribution in [0.15, 0.2) is 11.4 Å². The molecular weight excluding hydrogens is 206 g/mol. The molecule has 0 radical (unpaired) electrons. The second-order valence-electron chi connectivity index (χ2n) is 4.31. The quantitative estimate of drug-likeness (QED) is 0.854. The Morgan fingerprint density at radius 3 is 3.13 bits per heavy atom. The van der Waals surface area contributed by atoms with Crippen LogP contribution in [0, 0.1) is 6.92 Å². The van der Waals surface area contributed by atoms with E-state index in [2.05, 4.69) is 30.6 Å². The molecular formula is C12H19NOS. The van der Waals surface area contributed by atoms with Gasteiger partial charge in [0.25, 0.3) is 0 Å². The van der Waals surface area contributed by atoms with Gasteiger partial charge in [-0.2, -0.15) is 0 Å². The minimum Gasteiger partial charge on any atom is -0.378 e. The molecule has 1 aliphatic rings. The molecule has 15 heavy (non-hydrogen) atoms. The van der Waals surface area contributed by atoms with Crippen molar-refractivity contribution in [1.29, 1.82) is 0 Å². The van der Waals surface area contributed by atoms with Crippen LogP contribution in [0.4, 0.5) is 0 Å². The summed E-state index contributed by atoms with van der Waals surface area (Å²) in [6.07, 6.45) is 2.71. The minimum atomic E-state index is 0.417. The molecule has 0 bridgehead atoms. The molecule has 2 heterocycles. The lowest BCUT2D eigenvalue weighted by Crippen LogP contribution is -2.37. The lowest BCUT2D eigenvalue weighted by atomic mass is 10.0. The average molecular weight is 225 g/mol. The zero-order chi connectivity index (χ0) is 10.7. The van der Waals surface area contributed by atoms with Crippen LogP contribution >= 0.6 is 11.3 Å². The SMILES string of the molecule is Cc1ccsc1CNC1CCOC(C)C1. The number of aryl methyl sites for hydroxylation is 1. The van der Waals surface area contributed by atoms with Crippen LogP contribution < -0.4 is 5.32 Å². The second-order valence-corrected chi connectivity index (χ2v) is 5.31. The van der Waals surface area contributed by atoms with Crippen molar-refractivity contribution in [3.8, 4) is 0 Å². The average Bonchev–Trinajstić information content (AvgIpc) is 2.61. The molecule has 2 nitrogen and oxygen atoms in total. The van der Waals surface area contributed by atoms with E-state index in [1.165, 1.54) is 10.4 Å². The number of thiophene rings is 1. The van der Waals surface area contributed by atoms with Gasteiger partial charge in [-0.1, -0.05) is 0 Å². The van der Waals surface area contributed by atoms with E-state index in [1.54, 1.807) is 0 Å². The number of rotatable bonds is 3. The molecule has 1 N–H and O–H groups in total. The standard InChI is InChI=1S/C12H19NOS/c1-9-4-6-15-12(9)8-13-11-3-5-14-10(2)7-11/h4,6,10-11,13H,3,5,7-8H2,1-2H3. The van der Waals surface area contributed by atoms with Crippen molar-refractivity contribution in [2.75, 3.05) is 6.61 Å². The fourth-order valence-corrected chi connectivity index (χ4v) is 2.86. The van der Waals surface area contributed by atoms with E-state index < -0.39 is 0 Å². The highest BCUT2D eigenvalue weighted by Crippen LogP contribution is 2.17. The smallest absolute Gasteiger partial charge is 0.0561 e. The Hall–Kier alpha value is -0.380. The third-order valence-corrected chi connectivity index (χ3v) is 4.03. The van der Waals surface area contributed by atoms with Gasteiger partial charge in [0, 0.05) is 24.1 Å². The molecule has 84 valence electrons. The summed E-state index contributed by atoms with van der Waals surface area (Å²) in [7, 11) is 0. The van der Waals surface area contributed by atoms with Gasteiger partial charge < -0.3 is 10.1 Å². The van der Waals surface area contributed by atoms with Crippen LogP contribution in [0.5, 0.6) is 0 Å². The summed E-state index contributed by atoms with van der Waals surface area (Å²) in [5, 5.41) is 5.79. The zero-order valence-electron chi connectivity index (χ0n) is 9.45. The summed E-state index contributed by atoms with van der Waals surface area (Å²) < 4.78 is 5.53. The Balaban J connectivity index is 1.80. The number of ether oxygens (including phenoxy) is 1. The molecule has 1 fully saturated rings. The first kappa shape index (κ1) is 11.1. The molecule has 0 saturated carbocycles. The Kier molecular flexibility index (Phi) is 3.78. The topological polar surface area (TPSA) is 21.3 Å². The second kappa shape index (κ2) is 5.10. The Morgan fingerprint density at radius 2 is 2.47 bits per heavy atom. The van der Waals surface area contributed by atoms with Crippen molar-refractivity contribution in [3.63, 3.8) is 0 Å². The first-order chi connectivity index (χ1) is 7.25. The van der Waals surface area contributed by atoms with E-state index in [9.17, 15) is 0 Å². The molecule has 0 spiro atoms. The molecule has 2 unspecified atom stereocenters. The van der Waals surface area contributed by atoms with Crippen LogP contribution in [0.2, 0.25) is 0 Å². The van der Waals surface area contributed by atoms with Crippen molar-refractivity contribution in [2.45, 2.75) is 45.4 Å². The maximum atomic E-state index is 5.53. The fraction of sp³-hybridized carbons (Fsp3) is 0.667. The predicted molar refractivity (Wildman–Crippen MR) is 64.3 cm³/mol. The monoisotopic (exact) mass is 225 g/mol. The van der Waals surface area contributed by atoms with E-state index in [0.717, 1.165) is 26.0 Å². The van der Waals surface area contributed by atoms with Crippen LogP contribution in [-0.4, -0.2) is 18.8 Å². The Labute approximate surface area is 95.6 Å². The van der Waals surface area contributed by atoms with Crippen molar-refractivity contribution in [1.82, 2.24) is 5.32 Å². The molecule has 1 saturated heterocycles. The van der Waals surface area contributed by atoms with Gasteiger partial charge in [0.2, 0.25) is 0 Å². The van der Waals surface area contributed by atoms with E-state index >= 15 is 0 Å². The van der Waals surface area contributed by atoms with E-state index in [4.69, 9.17) is 4.74 Å². The molecule has 1 aromatic heterocycles. The third-order valence-electron chi connectivity index (χ3n) is 3.00. The lowest BCUT2D eigenvalue weighted by Gasteiger charge is -2.28. The molecule has 2 rings (SSSR count). The molecule has 1 aliphatic heterocycles. The summed E-state index contributed by atoms with van der Waals surface area (Å²) in [6.45, 7) is 6.26. The predicted octanol–water partition coefficient (Wildman–Crippen LogP) is 2.71. The van der Waals surface area contributed by atoms with Crippen LogP contribution in [0.1, 0.15) is 30.2 Å². The summed E-state index contributed by atoms with van der Waals surface area (Å²) in [6, 6.07) is 2.82. The Morgan fingerprint density at radius 1 is 1.60 bits per heavy atom. The van der Waals surface area contributed by atoms with Crippen LogP contribution in [0.25, 0.3) is 0 Å². The first-order valence-electron chi connectivity index (χ1n) is 5.63. The Bertz CT molecular complexity index is 310. The van der Waals surface area contributed by atoms with Gasteiger partial charge in [-0.05, 0) is 43.7 Å². The molecule has 0 amide bonds. The van der Waals surface area contributed by atoms with Crippen molar-refractivity contribution in [3.05, 3.63) is 21.9 Å². The van der Waals surface area contributed by atoms with E-state index in [1.807, 2.05) is 11.3 Å².